The second-order valence-electron chi connectivity index (χ2n) is 2.44. The van der Waals surface area contributed by atoms with Crippen LogP contribution in [0.4, 0.5) is 0 Å². The van der Waals surface area contributed by atoms with Gasteiger partial charge in [0.25, 0.3) is 0 Å². The first-order valence-electron chi connectivity index (χ1n) is 3.41. The van der Waals surface area contributed by atoms with E-state index >= 15 is 0 Å². The molecule has 60 valence electrons. The van der Waals surface area contributed by atoms with Crippen LogP contribution in [-0.2, 0) is 15.5 Å². The molecule has 0 spiro atoms. The minimum atomic E-state index is -0.728. The Labute approximate surface area is 63.6 Å². The molecule has 1 heterocycles. The summed E-state index contributed by atoms with van der Waals surface area (Å²) in [7, 11) is -0.728. The Morgan fingerprint density at radius 1 is 1.80 bits per heavy atom. The van der Waals surface area contributed by atoms with Crippen LogP contribution in [0, 0.1) is 0 Å². The fourth-order valence-electron chi connectivity index (χ4n) is 0.989. The summed E-state index contributed by atoms with van der Waals surface area (Å²) in [5.41, 5.74) is 0. The number of hydrogen-bond donors (Lipinski definition) is 1. The van der Waals surface area contributed by atoms with Crippen LogP contribution in [0.25, 0.3) is 0 Å². The number of hydrogen-bond acceptors (Lipinski definition) is 3. The highest BCUT2D eigenvalue weighted by Crippen LogP contribution is 1.96. The molecule has 3 nitrogen and oxygen atoms in total. The maximum absolute atomic E-state index is 10.7. The molecular weight excluding hydrogens is 150 g/mol. The van der Waals surface area contributed by atoms with Crippen molar-refractivity contribution in [3.05, 3.63) is 0 Å². The van der Waals surface area contributed by atoms with Gasteiger partial charge in [0.05, 0.1) is 18.5 Å². The van der Waals surface area contributed by atoms with Crippen molar-refractivity contribution in [2.24, 2.45) is 0 Å². The van der Waals surface area contributed by atoms with Crippen LogP contribution in [-0.4, -0.2) is 42.0 Å². The molecule has 10 heavy (non-hydrogen) atoms. The lowest BCUT2D eigenvalue weighted by Gasteiger charge is -2.22. The first-order valence-corrected chi connectivity index (χ1v) is 5.14. The Bertz CT molecular complexity index is 123. The van der Waals surface area contributed by atoms with Crippen molar-refractivity contribution in [1.29, 1.82) is 0 Å². The molecule has 0 aromatic carbocycles. The first kappa shape index (κ1) is 8.17. The van der Waals surface area contributed by atoms with E-state index in [9.17, 15) is 4.21 Å². The Morgan fingerprint density at radius 2 is 2.60 bits per heavy atom. The van der Waals surface area contributed by atoms with Gasteiger partial charge in [-0.05, 0) is 0 Å². The highest BCUT2D eigenvalue weighted by molar-refractivity contribution is 7.84. The molecule has 0 aromatic heterocycles. The molecule has 2 unspecified atom stereocenters. The van der Waals surface area contributed by atoms with Gasteiger partial charge < -0.3 is 10.1 Å². The molecule has 1 aliphatic rings. The minimum Gasteiger partial charge on any atom is -0.375 e. The molecule has 0 aromatic rings. The van der Waals surface area contributed by atoms with E-state index in [2.05, 4.69) is 5.32 Å². The minimum absolute atomic E-state index is 0.166. The Kier molecular flexibility index (Phi) is 3.31. The van der Waals surface area contributed by atoms with E-state index in [1.807, 2.05) is 0 Å². The topological polar surface area (TPSA) is 38.3 Å². The van der Waals surface area contributed by atoms with Gasteiger partial charge in [-0.1, -0.05) is 0 Å². The molecule has 0 radical (unpaired) electrons. The molecule has 1 saturated heterocycles. The molecule has 0 bridgehead atoms. The van der Waals surface area contributed by atoms with Gasteiger partial charge in [-0.25, -0.2) is 0 Å². The molecule has 0 amide bonds. The van der Waals surface area contributed by atoms with Crippen LogP contribution in [0.2, 0.25) is 0 Å². The van der Waals surface area contributed by atoms with Gasteiger partial charge in [0.15, 0.2) is 0 Å². The number of nitrogens with one attached hydrogen (secondary N) is 1. The third-order valence-corrected chi connectivity index (χ3v) is 2.27. The zero-order valence-corrected chi connectivity index (χ0v) is 6.95. The van der Waals surface area contributed by atoms with Gasteiger partial charge in [-0.15, -0.1) is 0 Å². The summed E-state index contributed by atoms with van der Waals surface area (Å²) in [6.45, 7) is 2.52. The molecule has 1 fully saturated rings. The SMILES string of the molecule is CS(=O)CC1CNCCO1. The van der Waals surface area contributed by atoms with E-state index < -0.39 is 10.8 Å². The van der Waals surface area contributed by atoms with Gasteiger partial charge in [0.2, 0.25) is 0 Å². The van der Waals surface area contributed by atoms with Gasteiger partial charge in [-0.3, -0.25) is 4.21 Å². The predicted octanol–water partition coefficient (Wildman–Crippen LogP) is -0.647. The van der Waals surface area contributed by atoms with Crippen LogP contribution < -0.4 is 5.32 Å². The quantitative estimate of drug-likeness (QED) is 0.588. The highest BCUT2D eigenvalue weighted by atomic mass is 32.2. The summed E-state index contributed by atoms with van der Waals surface area (Å²) in [5.74, 6) is 0.660. The predicted molar refractivity (Wildman–Crippen MR) is 41.5 cm³/mol. The average Bonchev–Trinajstić information content (AvgIpc) is 1.88. The zero-order chi connectivity index (χ0) is 7.40. The van der Waals surface area contributed by atoms with Crippen LogP contribution >= 0.6 is 0 Å². The second kappa shape index (κ2) is 4.05. The first-order chi connectivity index (χ1) is 4.79. The van der Waals surface area contributed by atoms with Gasteiger partial charge in [0.1, 0.15) is 0 Å². The van der Waals surface area contributed by atoms with Crippen molar-refractivity contribution in [2.75, 3.05) is 31.7 Å². The third kappa shape index (κ3) is 2.77. The van der Waals surface area contributed by atoms with Gasteiger partial charge >= 0.3 is 0 Å². The third-order valence-electron chi connectivity index (χ3n) is 1.43. The number of ether oxygens (including phenoxy) is 1. The summed E-state index contributed by atoms with van der Waals surface area (Å²) in [4.78, 5) is 0. The van der Waals surface area contributed by atoms with Crippen molar-refractivity contribution in [3.63, 3.8) is 0 Å². The molecule has 1 rings (SSSR count). The smallest absolute Gasteiger partial charge is 0.0814 e. The fourth-order valence-corrected chi connectivity index (χ4v) is 1.73. The summed E-state index contributed by atoms with van der Waals surface area (Å²) >= 11 is 0. The summed E-state index contributed by atoms with van der Waals surface area (Å²) in [5, 5.41) is 3.18. The molecule has 2 atom stereocenters. The van der Waals surface area contributed by atoms with Crippen LogP contribution in [0.15, 0.2) is 0 Å². The maximum atomic E-state index is 10.7. The van der Waals surface area contributed by atoms with E-state index in [4.69, 9.17) is 4.74 Å². The highest BCUT2D eigenvalue weighted by Gasteiger charge is 2.13. The lowest BCUT2D eigenvalue weighted by molar-refractivity contribution is 0.0436. The summed E-state index contributed by atoms with van der Waals surface area (Å²) < 4.78 is 16.0. The van der Waals surface area contributed by atoms with Crippen molar-refractivity contribution in [2.45, 2.75) is 6.10 Å². The summed E-state index contributed by atoms with van der Waals surface area (Å²) in [6.07, 6.45) is 1.87. The Morgan fingerprint density at radius 3 is 3.10 bits per heavy atom. The monoisotopic (exact) mass is 163 g/mol. The van der Waals surface area contributed by atoms with E-state index in [1.165, 1.54) is 0 Å². The average molecular weight is 163 g/mol. The Hall–Kier alpha value is 0.0700. The zero-order valence-electron chi connectivity index (χ0n) is 6.13. The fraction of sp³-hybridized carbons (Fsp3) is 1.00. The maximum Gasteiger partial charge on any atom is 0.0814 e. The summed E-state index contributed by atoms with van der Waals surface area (Å²) in [6, 6.07) is 0. The van der Waals surface area contributed by atoms with Crippen molar-refractivity contribution in [1.82, 2.24) is 5.32 Å². The standard InChI is InChI=1S/C6H13NO2S/c1-10(8)5-6-4-7-2-3-9-6/h6-7H,2-5H2,1H3. The van der Waals surface area contributed by atoms with Crippen LogP contribution in [0.3, 0.4) is 0 Å². The van der Waals surface area contributed by atoms with E-state index in [0.29, 0.717) is 5.75 Å². The lowest BCUT2D eigenvalue weighted by atomic mass is 10.3. The molecule has 0 aliphatic carbocycles. The second-order valence-corrected chi connectivity index (χ2v) is 3.92. The molecule has 4 heteroatoms. The van der Waals surface area contributed by atoms with Crippen LogP contribution in [0.1, 0.15) is 0 Å². The van der Waals surface area contributed by atoms with Gasteiger partial charge in [0, 0.05) is 30.1 Å². The number of rotatable bonds is 2. The van der Waals surface area contributed by atoms with E-state index in [-0.39, 0.29) is 6.10 Å². The normalized spacial score (nSPS) is 29.9. The van der Waals surface area contributed by atoms with E-state index in [1.54, 1.807) is 6.26 Å². The van der Waals surface area contributed by atoms with Crippen molar-refractivity contribution >= 4 is 10.8 Å². The van der Waals surface area contributed by atoms with Crippen molar-refractivity contribution in [3.8, 4) is 0 Å². The number of morpholine rings is 1. The molecular formula is C6H13NO2S. The van der Waals surface area contributed by atoms with Crippen LogP contribution in [0.5, 0.6) is 0 Å². The Balaban J connectivity index is 2.19. The van der Waals surface area contributed by atoms with Gasteiger partial charge in [-0.2, -0.15) is 0 Å². The van der Waals surface area contributed by atoms with E-state index in [0.717, 1.165) is 19.7 Å². The lowest BCUT2D eigenvalue weighted by Crippen LogP contribution is -2.41. The molecule has 1 aliphatic heterocycles. The van der Waals surface area contributed by atoms with Crippen molar-refractivity contribution < 1.29 is 8.95 Å². The molecule has 1 N–H and O–H groups in total. The largest absolute Gasteiger partial charge is 0.375 e. The molecule has 0 saturated carbocycles.